The predicted molar refractivity (Wildman–Crippen MR) is 113 cm³/mol. The number of nitrogens with one attached hydrogen (secondary N) is 1. The molecule has 0 saturated heterocycles. The second-order valence-electron chi connectivity index (χ2n) is 6.74. The molecule has 1 N–H and O–H groups in total. The average Bonchev–Trinajstić information content (AvgIpc) is 3.38. The Balaban J connectivity index is 1.33. The fraction of sp³-hybridized carbons (Fsp3) is 0.227. The van der Waals surface area contributed by atoms with Crippen molar-refractivity contribution in [2.45, 2.75) is 33.4 Å². The number of amides is 1. The number of imidazole rings is 1. The van der Waals surface area contributed by atoms with E-state index in [0.29, 0.717) is 24.5 Å². The summed E-state index contributed by atoms with van der Waals surface area (Å²) in [5, 5.41) is 5.96. The molecule has 7 heteroatoms. The zero-order valence-electron chi connectivity index (χ0n) is 16.4. The summed E-state index contributed by atoms with van der Waals surface area (Å²) in [7, 11) is 0. The first-order valence-corrected chi connectivity index (χ1v) is 10.4. The number of nitrogens with zero attached hydrogens (tertiary/aromatic N) is 3. The number of carbonyl (C=O) groups is 1. The van der Waals surface area contributed by atoms with Gasteiger partial charge < -0.3 is 14.5 Å². The first kappa shape index (κ1) is 19.1. The molecule has 0 fully saturated rings. The minimum absolute atomic E-state index is 0.126. The minimum atomic E-state index is -0.126. The zero-order valence-corrected chi connectivity index (χ0v) is 17.2. The highest BCUT2D eigenvalue weighted by molar-refractivity contribution is 7.09. The van der Waals surface area contributed by atoms with E-state index in [1.165, 1.54) is 0 Å². The third-order valence-electron chi connectivity index (χ3n) is 4.56. The van der Waals surface area contributed by atoms with E-state index in [0.717, 1.165) is 34.0 Å². The van der Waals surface area contributed by atoms with Crippen LogP contribution < -0.4 is 10.1 Å². The summed E-state index contributed by atoms with van der Waals surface area (Å²) >= 11 is 1.62. The summed E-state index contributed by atoms with van der Waals surface area (Å²) in [5.74, 6) is 0.570. The molecule has 4 rings (SSSR count). The van der Waals surface area contributed by atoms with Crippen LogP contribution in [0, 0.1) is 6.92 Å². The molecule has 3 heterocycles. The minimum Gasteiger partial charge on any atom is -0.487 e. The van der Waals surface area contributed by atoms with Crippen LogP contribution in [0.1, 0.15) is 39.2 Å². The third-order valence-corrected chi connectivity index (χ3v) is 5.60. The molecular formula is C22H22N4O2S. The number of thiazole rings is 1. The Morgan fingerprint density at radius 2 is 2.00 bits per heavy atom. The Labute approximate surface area is 173 Å². The second kappa shape index (κ2) is 8.45. The Morgan fingerprint density at radius 1 is 1.17 bits per heavy atom. The number of carbonyl (C=O) groups excluding carboxylic acids is 1. The molecule has 0 aliphatic carbocycles. The van der Waals surface area contributed by atoms with Crippen molar-refractivity contribution in [2.24, 2.45) is 0 Å². The highest BCUT2D eigenvalue weighted by Crippen LogP contribution is 2.16. The van der Waals surface area contributed by atoms with E-state index < -0.39 is 0 Å². The quantitative estimate of drug-likeness (QED) is 0.500. The Morgan fingerprint density at radius 3 is 2.72 bits per heavy atom. The van der Waals surface area contributed by atoms with E-state index in [1.807, 2.05) is 41.2 Å². The Hall–Kier alpha value is -3.19. The van der Waals surface area contributed by atoms with Crippen molar-refractivity contribution in [3.05, 3.63) is 81.7 Å². The highest BCUT2D eigenvalue weighted by Gasteiger charge is 2.08. The van der Waals surface area contributed by atoms with Crippen molar-refractivity contribution in [1.29, 1.82) is 0 Å². The van der Waals surface area contributed by atoms with Crippen LogP contribution in [0.4, 0.5) is 0 Å². The van der Waals surface area contributed by atoms with Crippen LogP contribution >= 0.6 is 11.3 Å². The molecule has 0 bridgehead atoms. The summed E-state index contributed by atoms with van der Waals surface area (Å²) in [6.07, 6.45) is 4.85. The van der Waals surface area contributed by atoms with Gasteiger partial charge in [-0.15, -0.1) is 11.3 Å². The summed E-state index contributed by atoms with van der Waals surface area (Å²) in [5.41, 5.74) is 4.40. The smallest absolute Gasteiger partial charge is 0.251 e. The van der Waals surface area contributed by atoms with Gasteiger partial charge in [0.2, 0.25) is 0 Å². The van der Waals surface area contributed by atoms with E-state index in [9.17, 15) is 4.79 Å². The molecule has 29 heavy (non-hydrogen) atoms. The second-order valence-corrected chi connectivity index (χ2v) is 7.68. The molecular weight excluding hydrogens is 384 g/mol. The van der Waals surface area contributed by atoms with Crippen molar-refractivity contribution in [3.63, 3.8) is 0 Å². The van der Waals surface area contributed by atoms with Crippen LogP contribution in [0.5, 0.6) is 5.75 Å². The van der Waals surface area contributed by atoms with E-state index in [2.05, 4.69) is 22.2 Å². The molecule has 1 amide bonds. The number of pyridine rings is 1. The number of fused-ring (bicyclic) bond motifs is 1. The molecule has 6 nitrogen and oxygen atoms in total. The van der Waals surface area contributed by atoms with Crippen LogP contribution in [0.2, 0.25) is 0 Å². The van der Waals surface area contributed by atoms with Gasteiger partial charge in [-0.05, 0) is 49.2 Å². The van der Waals surface area contributed by atoms with Gasteiger partial charge in [0.05, 0.1) is 22.9 Å². The standard InChI is InChI=1S/C22H22N4O2S/c1-3-20-24-17(14-29-20)11-23-22(27)16-6-8-19(9-7-16)28-13-18-12-26-10-4-5-15(2)21(26)25-18/h4-10,12,14H,3,11,13H2,1-2H3,(H,23,27). The van der Waals surface area contributed by atoms with Gasteiger partial charge >= 0.3 is 0 Å². The maximum absolute atomic E-state index is 12.3. The van der Waals surface area contributed by atoms with E-state index in [-0.39, 0.29) is 5.91 Å². The monoisotopic (exact) mass is 406 g/mol. The van der Waals surface area contributed by atoms with Crippen molar-refractivity contribution < 1.29 is 9.53 Å². The number of benzene rings is 1. The zero-order chi connectivity index (χ0) is 20.2. The molecule has 0 spiro atoms. The van der Waals surface area contributed by atoms with Crippen LogP contribution in [-0.2, 0) is 19.6 Å². The van der Waals surface area contributed by atoms with Gasteiger partial charge in [0, 0.05) is 23.3 Å². The number of aromatic nitrogens is 3. The first-order chi connectivity index (χ1) is 14.1. The van der Waals surface area contributed by atoms with Gasteiger partial charge in [-0.1, -0.05) is 13.0 Å². The molecule has 0 aliphatic heterocycles. The number of hydrogen-bond acceptors (Lipinski definition) is 5. The molecule has 148 valence electrons. The van der Waals surface area contributed by atoms with Crippen LogP contribution in [0.25, 0.3) is 5.65 Å². The van der Waals surface area contributed by atoms with Gasteiger partial charge in [0.25, 0.3) is 5.91 Å². The van der Waals surface area contributed by atoms with Crippen LogP contribution in [-0.4, -0.2) is 20.3 Å². The SMILES string of the molecule is CCc1nc(CNC(=O)c2ccc(OCc3cn4cccc(C)c4n3)cc2)cs1. The van der Waals surface area contributed by atoms with Gasteiger partial charge in [-0.3, -0.25) is 4.79 Å². The lowest BCUT2D eigenvalue weighted by Gasteiger charge is -2.06. The van der Waals surface area contributed by atoms with Crippen LogP contribution in [0.3, 0.4) is 0 Å². The lowest BCUT2D eigenvalue weighted by Crippen LogP contribution is -2.22. The lowest BCUT2D eigenvalue weighted by atomic mass is 10.2. The van der Waals surface area contributed by atoms with Gasteiger partial charge in [-0.25, -0.2) is 9.97 Å². The van der Waals surface area contributed by atoms with Gasteiger partial charge in [-0.2, -0.15) is 0 Å². The summed E-state index contributed by atoms with van der Waals surface area (Å²) in [6, 6.07) is 11.2. The maximum atomic E-state index is 12.3. The van der Waals surface area contributed by atoms with Crippen molar-refractivity contribution >= 4 is 22.9 Å². The average molecular weight is 407 g/mol. The van der Waals surface area contributed by atoms with Crippen molar-refractivity contribution in [2.75, 3.05) is 0 Å². The number of ether oxygens (including phenoxy) is 1. The summed E-state index contributed by atoms with van der Waals surface area (Å²) in [6.45, 7) is 4.91. The summed E-state index contributed by atoms with van der Waals surface area (Å²) < 4.78 is 7.82. The fourth-order valence-corrected chi connectivity index (χ4v) is 3.74. The largest absolute Gasteiger partial charge is 0.487 e. The lowest BCUT2D eigenvalue weighted by molar-refractivity contribution is 0.0950. The molecule has 3 aromatic heterocycles. The molecule has 0 aliphatic rings. The number of aryl methyl sites for hydroxylation is 2. The highest BCUT2D eigenvalue weighted by atomic mass is 32.1. The summed E-state index contributed by atoms with van der Waals surface area (Å²) in [4.78, 5) is 21.4. The van der Waals surface area contributed by atoms with Gasteiger partial charge in [0.15, 0.2) is 0 Å². The fourth-order valence-electron chi connectivity index (χ4n) is 3.00. The number of hydrogen-bond donors (Lipinski definition) is 1. The van der Waals surface area contributed by atoms with Crippen LogP contribution in [0.15, 0.2) is 54.2 Å². The molecule has 4 aromatic rings. The Kier molecular flexibility index (Phi) is 5.57. The normalized spacial score (nSPS) is 11.0. The Bertz CT molecular complexity index is 1130. The van der Waals surface area contributed by atoms with Gasteiger partial charge in [0.1, 0.15) is 18.0 Å². The molecule has 0 unspecified atom stereocenters. The topological polar surface area (TPSA) is 68.5 Å². The van der Waals surface area contributed by atoms with Crippen molar-refractivity contribution in [1.82, 2.24) is 19.7 Å². The molecule has 0 radical (unpaired) electrons. The molecule has 0 atom stereocenters. The third kappa shape index (κ3) is 4.46. The predicted octanol–water partition coefficient (Wildman–Crippen LogP) is 4.17. The van der Waals surface area contributed by atoms with Crippen molar-refractivity contribution in [3.8, 4) is 5.75 Å². The van der Waals surface area contributed by atoms with E-state index in [4.69, 9.17) is 4.74 Å². The first-order valence-electron chi connectivity index (χ1n) is 9.50. The van der Waals surface area contributed by atoms with E-state index >= 15 is 0 Å². The van der Waals surface area contributed by atoms with E-state index in [1.54, 1.807) is 35.6 Å². The number of rotatable bonds is 7. The maximum Gasteiger partial charge on any atom is 0.251 e. The molecule has 1 aromatic carbocycles. The molecule has 0 saturated carbocycles.